The molecule has 0 saturated heterocycles. The number of nitrogen functional groups attached to an aromatic ring is 1. The number of aromatic nitrogens is 2. The van der Waals surface area contributed by atoms with Gasteiger partial charge in [-0.1, -0.05) is 46.9 Å². The summed E-state index contributed by atoms with van der Waals surface area (Å²) in [5.41, 5.74) is 8.64. The Hall–Kier alpha value is -1.42. The second kappa shape index (κ2) is 5.76. The van der Waals surface area contributed by atoms with E-state index < -0.39 is 0 Å². The highest BCUT2D eigenvalue weighted by Crippen LogP contribution is 2.27. The molecule has 6 heteroatoms. The number of anilines is 1. The third-order valence-electron chi connectivity index (χ3n) is 3.37. The molecule has 3 aromatic rings. The van der Waals surface area contributed by atoms with Gasteiger partial charge in [0.2, 0.25) is 5.95 Å². The highest BCUT2D eigenvalue weighted by molar-refractivity contribution is 6.35. The third-order valence-corrected chi connectivity index (χ3v) is 4.26. The molecular formula is C15H12Cl3N3. The number of rotatable bonds is 3. The van der Waals surface area contributed by atoms with Gasteiger partial charge in [-0.3, -0.25) is 0 Å². The Labute approximate surface area is 137 Å². The monoisotopic (exact) mass is 339 g/mol. The summed E-state index contributed by atoms with van der Waals surface area (Å²) in [6, 6.07) is 11.1. The van der Waals surface area contributed by atoms with Crippen molar-refractivity contribution in [2.75, 3.05) is 5.73 Å². The van der Waals surface area contributed by atoms with Gasteiger partial charge in [0, 0.05) is 16.6 Å². The fourth-order valence-electron chi connectivity index (χ4n) is 2.34. The molecule has 0 atom stereocenters. The van der Waals surface area contributed by atoms with E-state index in [0.29, 0.717) is 27.6 Å². The molecule has 0 spiro atoms. The molecule has 0 radical (unpaired) electrons. The standard InChI is InChI=1S/C15H12Cl3N3/c16-10-5-4-9(12(18)8-10)6-7-21-14-11(17)2-1-3-13(14)20-15(21)19/h1-5,8H,6-7H2,(H2,19,20). The molecule has 0 amide bonds. The SMILES string of the molecule is Nc1nc2cccc(Cl)c2n1CCc1ccc(Cl)cc1Cl. The molecule has 0 aliphatic heterocycles. The number of benzene rings is 2. The third kappa shape index (κ3) is 2.82. The number of nitrogens with two attached hydrogens (primary N) is 1. The van der Waals surface area contributed by atoms with Gasteiger partial charge < -0.3 is 10.3 Å². The molecule has 3 nitrogen and oxygen atoms in total. The van der Waals surface area contributed by atoms with Crippen molar-refractivity contribution in [2.24, 2.45) is 0 Å². The lowest BCUT2D eigenvalue weighted by Gasteiger charge is -2.09. The van der Waals surface area contributed by atoms with Crippen LogP contribution >= 0.6 is 34.8 Å². The molecule has 0 aliphatic rings. The number of aryl methyl sites for hydroxylation is 2. The summed E-state index contributed by atoms with van der Waals surface area (Å²) in [4.78, 5) is 4.32. The zero-order chi connectivity index (χ0) is 15.0. The summed E-state index contributed by atoms with van der Waals surface area (Å²) in [6.07, 6.45) is 0.719. The predicted molar refractivity (Wildman–Crippen MR) is 89.3 cm³/mol. The molecule has 1 heterocycles. The maximum Gasteiger partial charge on any atom is 0.201 e. The zero-order valence-electron chi connectivity index (χ0n) is 11.0. The number of nitrogens with zero attached hydrogens (tertiary/aromatic N) is 2. The summed E-state index contributed by atoms with van der Waals surface area (Å²) in [7, 11) is 0. The molecule has 0 aliphatic carbocycles. The van der Waals surface area contributed by atoms with Crippen LogP contribution in [-0.4, -0.2) is 9.55 Å². The van der Waals surface area contributed by atoms with Gasteiger partial charge in [-0.25, -0.2) is 4.98 Å². The van der Waals surface area contributed by atoms with Crippen molar-refractivity contribution >= 4 is 51.8 Å². The van der Waals surface area contributed by atoms with Gasteiger partial charge in [-0.2, -0.15) is 0 Å². The van der Waals surface area contributed by atoms with E-state index in [1.807, 2.05) is 34.9 Å². The van der Waals surface area contributed by atoms with Crippen LogP contribution in [0.3, 0.4) is 0 Å². The first-order valence-electron chi connectivity index (χ1n) is 6.40. The Morgan fingerprint density at radius 1 is 1.05 bits per heavy atom. The highest BCUT2D eigenvalue weighted by atomic mass is 35.5. The normalized spacial score (nSPS) is 11.2. The summed E-state index contributed by atoms with van der Waals surface area (Å²) < 4.78 is 1.91. The van der Waals surface area contributed by atoms with Crippen molar-refractivity contribution < 1.29 is 0 Å². The fraction of sp³-hybridized carbons (Fsp3) is 0.133. The molecule has 1 aromatic heterocycles. The van der Waals surface area contributed by atoms with Gasteiger partial charge in [0.15, 0.2) is 0 Å². The first-order valence-corrected chi connectivity index (χ1v) is 7.54. The van der Waals surface area contributed by atoms with Gasteiger partial charge >= 0.3 is 0 Å². The average molecular weight is 341 g/mol. The smallest absolute Gasteiger partial charge is 0.201 e. The number of imidazole rings is 1. The zero-order valence-corrected chi connectivity index (χ0v) is 13.3. The number of para-hydroxylation sites is 1. The highest BCUT2D eigenvalue weighted by Gasteiger charge is 2.11. The Kier molecular flexibility index (Phi) is 3.98. The number of hydrogen-bond acceptors (Lipinski definition) is 2. The van der Waals surface area contributed by atoms with Gasteiger partial charge in [-0.15, -0.1) is 0 Å². The quantitative estimate of drug-likeness (QED) is 0.742. The van der Waals surface area contributed by atoms with Crippen LogP contribution in [0.15, 0.2) is 36.4 Å². The molecule has 2 aromatic carbocycles. The van der Waals surface area contributed by atoms with Crippen LogP contribution in [0.5, 0.6) is 0 Å². The molecule has 0 saturated carbocycles. The van der Waals surface area contributed by atoms with Crippen LogP contribution in [0, 0.1) is 0 Å². The van der Waals surface area contributed by atoms with Gasteiger partial charge in [-0.05, 0) is 36.2 Å². The lowest BCUT2D eigenvalue weighted by Crippen LogP contribution is -2.06. The minimum absolute atomic E-state index is 0.447. The van der Waals surface area contributed by atoms with Crippen molar-refractivity contribution in [3.05, 3.63) is 57.0 Å². The van der Waals surface area contributed by atoms with Crippen LogP contribution in [0.1, 0.15) is 5.56 Å². The summed E-state index contributed by atoms with van der Waals surface area (Å²) in [5.74, 6) is 0.447. The minimum atomic E-state index is 0.447. The lowest BCUT2D eigenvalue weighted by molar-refractivity contribution is 0.726. The van der Waals surface area contributed by atoms with E-state index in [0.717, 1.165) is 23.0 Å². The van der Waals surface area contributed by atoms with Crippen molar-refractivity contribution in [3.63, 3.8) is 0 Å². The minimum Gasteiger partial charge on any atom is -0.369 e. The van der Waals surface area contributed by atoms with E-state index in [2.05, 4.69) is 4.98 Å². The molecular weight excluding hydrogens is 329 g/mol. The molecule has 108 valence electrons. The Balaban J connectivity index is 1.93. The van der Waals surface area contributed by atoms with Crippen molar-refractivity contribution in [2.45, 2.75) is 13.0 Å². The largest absolute Gasteiger partial charge is 0.369 e. The van der Waals surface area contributed by atoms with E-state index in [4.69, 9.17) is 40.5 Å². The summed E-state index contributed by atoms with van der Waals surface area (Å²) >= 11 is 18.3. The number of halogens is 3. The van der Waals surface area contributed by atoms with Crippen LogP contribution in [0.2, 0.25) is 15.1 Å². The Bertz CT molecular complexity index is 811. The second-order valence-electron chi connectivity index (χ2n) is 4.71. The molecule has 3 rings (SSSR count). The van der Waals surface area contributed by atoms with Crippen LogP contribution in [0.4, 0.5) is 5.95 Å². The first-order chi connectivity index (χ1) is 10.1. The van der Waals surface area contributed by atoms with Gasteiger partial charge in [0.25, 0.3) is 0 Å². The molecule has 21 heavy (non-hydrogen) atoms. The van der Waals surface area contributed by atoms with Crippen molar-refractivity contribution in [3.8, 4) is 0 Å². The Morgan fingerprint density at radius 2 is 1.86 bits per heavy atom. The van der Waals surface area contributed by atoms with E-state index >= 15 is 0 Å². The molecule has 0 fully saturated rings. The number of fused-ring (bicyclic) bond motifs is 1. The number of hydrogen-bond donors (Lipinski definition) is 1. The maximum absolute atomic E-state index is 6.25. The lowest BCUT2D eigenvalue weighted by atomic mass is 10.1. The average Bonchev–Trinajstić information content (AvgIpc) is 2.75. The second-order valence-corrected chi connectivity index (χ2v) is 5.97. The first kappa shape index (κ1) is 14.5. The molecule has 2 N–H and O–H groups in total. The summed E-state index contributed by atoms with van der Waals surface area (Å²) in [5, 5.41) is 1.91. The summed E-state index contributed by atoms with van der Waals surface area (Å²) in [6.45, 7) is 0.646. The molecule has 0 bridgehead atoms. The topological polar surface area (TPSA) is 43.8 Å². The van der Waals surface area contributed by atoms with Gasteiger partial charge in [0.1, 0.15) is 0 Å². The van der Waals surface area contributed by atoms with Gasteiger partial charge in [0.05, 0.1) is 16.1 Å². The fourth-order valence-corrected chi connectivity index (χ4v) is 3.12. The van der Waals surface area contributed by atoms with Crippen LogP contribution < -0.4 is 5.73 Å². The van der Waals surface area contributed by atoms with E-state index in [-0.39, 0.29) is 0 Å². The van der Waals surface area contributed by atoms with E-state index in [1.54, 1.807) is 6.07 Å². The predicted octanol–water partition coefficient (Wildman–Crippen LogP) is 4.82. The van der Waals surface area contributed by atoms with E-state index in [9.17, 15) is 0 Å². The van der Waals surface area contributed by atoms with Crippen LogP contribution in [0.25, 0.3) is 11.0 Å². The maximum atomic E-state index is 6.25. The van der Waals surface area contributed by atoms with Crippen LogP contribution in [-0.2, 0) is 13.0 Å². The molecule has 0 unspecified atom stereocenters. The van der Waals surface area contributed by atoms with Crippen molar-refractivity contribution in [1.82, 2.24) is 9.55 Å². The Morgan fingerprint density at radius 3 is 2.62 bits per heavy atom. The van der Waals surface area contributed by atoms with Crippen molar-refractivity contribution in [1.29, 1.82) is 0 Å². The van der Waals surface area contributed by atoms with E-state index in [1.165, 1.54) is 0 Å².